The van der Waals surface area contributed by atoms with Crippen LogP contribution in [0.3, 0.4) is 0 Å². The maximum absolute atomic E-state index is 12.0. The highest BCUT2D eigenvalue weighted by Crippen LogP contribution is 2.23. The molecule has 0 aromatic carbocycles. The molecule has 1 rings (SSSR count). The van der Waals surface area contributed by atoms with Gasteiger partial charge in [-0.2, -0.15) is 0 Å². The molecule has 1 aromatic rings. The van der Waals surface area contributed by atoms with E-state index in [9.17, 15) is 9.90 Å². The standard InChI is InChI=1S/C15H27N3O3/c1-6-9(3)13(19)8-16-15(20)17-12(7-2)14-10(4)18-21-11(14)5/h9,12-13,19H,6-8H2,1-5H3,(H2,16,17,20). The fraction of sp³-hybridized carbons (Fsp3) is 0.733. The summed E-state index contributed by atoms with van der Waals surface area (Å²) in [4.78, 5) is 12.0. The lowest BCUT2D eigenvalue weighted by atomic mass is 10.0. The average molecular weight is 297 g/mol. The van der Waals surface area contributed by atoms with Gasteiger partial charge in [0, 0.05) is 12.1 Å². The van der Waals surface area contributed by atoms with Crippen LogP contribution in [0, 0.1) is 19.8 Å². The Balaban J connectivity index is 2.56. The molecule has 3 atom stereocenters. The van der Waals surface area contributed by atoms with Crippen LogP contribution in [0.5, 0.6) is 0 Å². The van der Waals surface area contributed by atoms with E-state index in [1.54, 1.807) is 0 Å². The Morgan fingerprint density at radius 1 is 1.33 bits per heavy atom. The number of nitrogens with zero attached hydrogens (tertiary/aromatic N) is 1. The molecule has 6 heteroatoms. The highest BCUT2D eigenvalue weighted by molar-refractivity contribution is 5.74. The number of aryl methyl sites for hydroxylation is 2. The zero-order valence-corrected chi connectivity index (χ0v) is 13.6. The maximum atomic E-state index is 12.0. The van der Waals surface area contributed by atoms with E-state index < -0.39 is 6.10 Å². The van der Waals surface area contributed by atoms with Gasteiger partial charge >= 0.3 is 6.03 Å². The number of carbonyl (C=O) groups excluding carboxylic acids is 1. The van der Waals surface area contributed by atoms with E-state index in [0.717, 1.165) is 29.9 Å². The quantitative estimate of drug-likeness (QED) is 0.721. The lowest BCUT2D eigenvalue weighted by molar-refractivity contribution is 0.114. The lowest BCUT2D eigenvalue weighted by Gasteiger charge is -2.20. The summed E-state index contributed by atoms with van der Waals surface area (Å²) in [5, 5.41) is 19.4. The number of aliphatic hydroxyl groups excluding tert-OH is 1. The number of hydrogen-bond donors (Lipinski definition) is 3. The topological polar surface area (TPSA) is 87.4 Å². The molecule has 0 saturated heterocycles. The van der Waals surface area contributed by atoms with Crippen molar-refractivity contribution in [2.75, 3.05) is 6.54 Å². The number of carbonyl (C=O) groups is 1. The van der Waals surface area contributed by atoms with Crippen LogP contribution in [-0.4, -0.2) is 28.9 Å². The molecule has 1 heterocycles. The summed E-state index contributed by atoms with van der Waals surface area (Å²) in [6.45, 7) is 9.91. The van der Waals surface area contributed by atoms with Crippen molar-refractivity contribution in [1.29, 1.82) is 0 Å². The summed E-state index contributed by atoms with van der Waals surface area (Å²) in [6.07, 6.45) is 1.09. The second kappa shape index (κ2) is 8.02. The van der Waals surface area contributed by atoms with Crippen molar-refractivity contribution in [3.05, 3.63) is 17.0 Å². The van der Waals surface area contributed by atoms with Crippen molar-refractivity contribution < 1.29 is 14.4 Å². The summed E-state index contributed by atoms with van der Waals surface area (Å²) in [7, 11) is 0. The largest absolute Gasteiger partial charge is 0.391 e. The molecule has 0 aliphatic heterocycles. The third-order valence-electron chi connectivity index (χ3n) is 3.92. The third-order valence-corrected chi connectivity index (χ3v) is 3.92. The van der Waals surface area contributed by atoms with Crippen LogP contribution >= 0.6 is 0 Å². The van der Waals surface area contributed by atoms with Crippen molar-refractivity contribution in [3.63, 3.8) is 0 Å². The van der Waals surface area contributed by atoms with E-state index in [0.29, 0.717) is 0 Å². The second-order valence-corrected chi connectivity index (χ2v) is 5.51. The number of amides is 2. The number of rotatable bonds is 7. The molecule has 3 unspecified atom stereocenters. The van der Waals surface area contributed by atoms with E-state index in [4.69, 9.17) is 4.52 Å². The molecule has 0 saturated carbocycles. The monoisotopic (exact) mass is 297 g/mol. The fourth-order valence-corrected chi connectivity index (χ4v) is 2.25. The first kappa shape index (κ1) is 17.5. The molecule has 21 heavy (non-hydrogen) atoms. The third kappa shape index (κ3) is 4.74. The Labute approximate surface area is 126 Å². The van der Waals surface area contributed by atoms with Crippen molar-refractivity contribution in [2.24, 2.45) is 5.92 Å². The first-order chi connectivity index (χ1) is 9.90. The minimum Gasteiger partial charge on any atom is -0.391 e. The van der Waals surface area contributed by atoms with E-state index in [1.807, 2.05) is 34.6 Å². The van der Waals surface area contributed by atoms with Crippen LogP contribution in [0.2, 0.25) is 0 Å². The molecule has 0 aliphatic rings. The number of nitrogens with one attached hydrogen (secondary N) is 2. The van der Waals surface area contributed by atoms with Crippen LogP contribution < -0.4 is 10.6 Å². The molecule has 0 spiro atoms. The molecule has 120 valence electrons. The second-order valence-electron chi connectivity index (χ2n) is 5.51. The van der Waals surface area contributed by atoms with Gasteiger partial charge in [-0.15, -0.1) is 0 Å². The molecule has 6 nitrogen and oxygen atoms in total. The summed E-state index contributed by atoms with van der Waals surface area (Å²) in [5.41, 5.74) is 1.72. The van der Waals surface area contributed by atoms with Gasteiger partial charge in [0.15, 0.2) is 0 Å². The minimum atomic E-state index is -0.528. The van der Waals surface area contributed by atoms with Gasteiger partial charge in [0.05, 0.1) is 17.8 Å². The van der Waals surface area contributed by atoms with E-state index in [-0.39, 0.29) is 24.5 Å². The molecule has 0 radical (unpaired) electrons. The SMILES string of the molecule is CCC(NC(=O)NCC(O)C(C)CC)c1c(C)noc1C. The number of aliphatic hydroxyl groups is 1. The first-order valence-corrected chi connectivity index (χ1v) is 7.55. The van der Waals surface area contributed by atoms with Gasteiger partial charge in [0.2, 0.25) is 0 Å². The van der Waals surface area contributed by atoms with Gasteiger partial charge < -0.3 is 20.3 Å². The van der Waals surface area contributed by atoms with E-state index >= 15 is 0 Å². The lowest BCUT2D eigenvalue weighted by Crippen LogP contribution is -2.42. The van der Waals surface area contributed by atoms with Crippen LogP contribution in [0.25, 0.3) is 0 Å². The molecule has 2 amide bonds. The Hall–Kier alpha value is -1.56. The van der Waals surface area contributed by atoms with Gasteiger partial charge in [-0.1, -0.05) is 32.3 Å². The summed E-state index contributed by atoms with van der Waals surface area (Å²) < 4.78 is 5.14. The molecule has 1 aromatic heterocycles. The van der Waals surface area contributed by atoms with Crippen molar-refractivity contribution >= 4 is 6.03 Å². The normalized spacial score (nSPS) is 15.3. The average Bonchev–Trinajstić information content (AvgIpc) is 2.80. The summed E-state index contributed by atoms with van der Waals surface area (Å²) in [6, 6.07) is -0.429. The van der Waals surface area contributed by atoms with Crippen molar-refractivity contribution in [1.82, 2.24) is 15.8 Å². The smallest absolute Gasteiger partial charge is 0.315 e. The molecular weight excluding hydrogens is 270 g/mol. The highest BCUT2D eigenvalue weighted by Gasteiger charge is 2.21. The molecular formula is C15H27N3O3. The predicted octanol–water partition coefficient (Wildman–Crippen LogP) is 2.45. The van der Waals surface area contributed by atoms with Crippen molar-refractivity contribution in [2.45, 2.75) is 59.6 Å². The highest BCUT2D eigenvalue weighted by atomic mass is 16.5. The predicted molar refractivity (Wildman–Crippen MR) is 81.0 cm³/mol. The molecule has 3 N–H and O–H groups in total. The van der Waals surface area contributed by atoms with Gasteiger partial charge in [-0.05, 0) is 26.2 Å². The van der Waals surface area contributed by atoms with E-state index in [1.165, 1.54) is 0 Å². The van der Waals surface area contributed by atoms with Gasteiger partial charge in [-0.3, -0.25) is 0 Å². The van der Waals surface area contributed by atoms with Crippen molar-refractivity contribution in [3.8, 4) is 0 Å². The van der Waals surface area contributed by atoms with Crippen LogP contribution in [0.1, 0.15) is 56.7 Å². The maximum Gasteiger partial charge on any atom is 0.315 e. The van der Waals surface area contributed by atoms with Gasteiger partial charge in [-0.25, -0.2) is 4.79 Å². The van der Waals surface area contributed by atoms with Crippen LogP contribution in [0.4, 0.5) is 4.79 Å². The summed E-state index contributed by atoms with van der Waals surface area (Å²) >= 11 is 0. The van der Waals surface area contributed by atoms with Crippen LogP contribution in [0.15, 0.2) is 4.52 Å². The Kier molecular flexibility index (Phi) is 6.68. The number of urea groups is 1. The Morgan fingerprint density at radius 3 is 2.48 bits per heavy atom. The first-order valence-electron chi connectivity index (χ1n) is 7.55. The summed E-state index contributed by atoms with van der Waals surface area (Å²) in [5.74, 6) is 0.883. The molecule has 0 bridgehead atoms. The van der Waals surface area contributed by atoms with Gasteiger partial charge in [0.1, 0.15) is 5.76 Å². The Morgan fingerprint density at radius 2 is 2.00 bits per heavy atom. The van der Waals surface area contributed by atoms with E-state index in [2.05, 4.69) is 15.8 Å². The minimum absolute atomic E-state index is 0.142. The van der Waals surface area contributed by atoms with Gasteiger partial charge in [0.25, 0.3) is 0 Å². The molecule has 0 aliphatic carbocycles. The van der Waals surface area contributed by atoms with Crippen LogP contribution in [-0.2, 0) is 0 Å². The number of hydrogen-bond acceptors (Lipinski definition) is 4. The molecule has 0 fully saturated rings. The Bertz CT molecular complexity index is 440. The zero-order valence-electron chi connectivity index (χ0n) is 13.6. The fourth-order valence-electron chi connectivity index (χ4n) is 2.25. The number of aromatic nitrogens is 1. The zero-order chi connectivity index (χ0) is 16.0.